The maximum atomic E-state index is 13.1. The number of anilines is 1. The van der Waals surface area contributed by atoms with Gasteiger partial charge in [0, 0.05) is 21.3 Å². The summed E-state index contributed by atoms with van der Waals surface area (Å²) in [5, 5.41) is 10.8. The molecule has 0 aliphatic carbocycles. The van der Waals surface area contributed by atoms with Gasteiger partial charge in [-0.05, 0) is 71.8 Å². The van der Waals surface area contributed by atoms with Gasteiger partial charge in [-0.1, -0.05) is 59.6 Å². The molecule has 0 bridgehead atoms. The zero-order chi connectivity index (χ0) is 22.9. The van der Waals surface area contributed by atoms with Crippen molar-refractivity contribution in [2.45, 2.75) is 6.92 Å². The highest BCUT2D eigenvalue weighted by atomic mass is 35.5. The van der Waals surface area contributed by atoms with E-state index in [0.717, 1.165) is 21.9 Å². The molecule has 7 heteroatoms. The number of nitrogens with one attached hydrogen (secondary N) is 1. The van der Waals surface area contributed by atoms with Crippen LogP contribution in [-0.2, 0) is 0 Å². The van der Waals surface area contributed by atoms with Crippen LogP contribution in [0.15, 0.2) is 84.9 Å². The summed E-state index contributed by atoms with van der Waals surface area (Å²) in [7, 11) is 0. The van der Waals surface area contributed by atoms with Crippen molar-refractivity contribution in [2.75, 3.05) is 5.32 Å². The Morgan fingerprint density at radius 1 is 0.879 bits per heavy atom. The molecule has 1 N–H and O–H groups in total. The number of carbonyl (C=O) groups excluding carboxylic acids is 1. The molecule has 5 rings (SSSR count). The molecule has 0 saturated carbocycles. The summed E-state index contributed by atoms with van der Waals surface area (Å²) in [6, 6.07) is 26.5. The Bertz CT molecular complexity index is 1490. The lowest BCUT2D eigenvalue weighted by atomic mass is 10.1. The number of hydrogen-bond acceptors (Lipinski definition) is 3. The Morgan fingerprint density at radius 3 is 2.39 bits per heavy atom. The van der Waals surface area contributed by atoms with Gasteiger partial charge in [0.15, 0.2) is 5.82 Å². The fraction of sp³-hybridized carbons (Fsp3) is 0.0385. The van der Waals surface area contributed by atoms with Gasteiger partial charge in [-0.3, -0.25) is 4.79 Å². The lowest BCUT2D eigenvalue weighted by Crippen LogP contribution is -2.14. The van der Waals surface area contributed by atoms with Gasteiger partial charge in [-0.25, -0.2) is 9.67 Å². The quantitative estimate of drug-likeness (QED) is 0.307. The maximum Gasteiger partial charge on any atom is 0.295 e. The van der Waals surface area contributed by atoms with E-state index in [-0.39, 0.29) is 5.82 Å². The van der Waals surface area contributed by atoms with Gasteiger partial charge in [0.05, 0.1) is 5.69 Å². The van der Waals surface area contributed by atoms with E-state index in [9.17, 15) is 4.79 Å². The van der Waals surface area contributed by atoms with Crippen LogP contribution in [0.2, 0.25) is 10.0 Å². The number of rotatable bonds is 4. The molecule has 0 unspecified atom stereocenters. The van der Waals surface area contributed by atoms with Crippen LogP contribution in [0.4, 0.5) is 5.69 Å². The van der Waals surface area contributed by atoms with Crippen LogP contribution in [0.5, 0.6) is 0 Å². The number of benzene rings is 4. The van der Waals surface area contributed by atoms with Crippen molar-refractivity contribution in [3.05, 3.63) is 106 Å². The standard InChI is InChI=1S/C26H18Cl2N4O/c1-16-6-13-22(15-23(16)28)32-25(18-7-10-20(27)11-8-18)30-24(31-32)26(33)29-21-12-9-17-4-2-3-5-19(17)14-21/h2-15H,1H3,(H,29,33). The van der Waals surface area contributed by atoms with Crippen molar-refractivity contribution in [1.82, 2.24) is 14.8 Å². The van der Waals surface area contributed by atoms with E-state index < -0.39 is 5.91 Å². The third-order valence-corrected chi connectivity index (χ3v) is 5.98. The van der Waals surface area contributed by atoms with Crippen molar-refractivity contribution in [2.24, 2.45) is 0 Å². The minimum absolute atomic E-state index is 0.0461. The van der Waals surface area contributed by atoms with Gasteiger partial charge < -0.3 is 5.32 Å². The molecule has 5 nitrogen and oxygen atoms in total. The van der Waals surface area contributed by atoms with E-state index in [1.54, 1.807) is 22.9 Å². The Balaban J connectivity index is 1.54. The van der Waals surface area contributed by atoms with Crippen molar-refractivity contribution in [3.8, 4) is 17.1 Å². The lowest BCUT2D eigenvalue weighted by Gasteiger charge is -2.07. The molecule has 0 aliphatic rings. The molecule has 0 saturated heterocycles. The van der Waals surface area contributed by atoms with E-state index in [1.807, 2.05) is 73.7 Å². The number of aromatic nitrogens is 3. The number of nitrogens with zero attached hydrogens (tertiary/aromatic N) is 3. The fourth-order valence-electron chi connectivity index (χ4n) is 3.54. The largest absolute Gasteiger partial charge is 0.319 e. The molecule has 0 fully saturated rings. The first kappa shape index (κ1) is 21.2. The lowest BCUT2D eigenvalue weighted by molar-refractivity contribution is 0.101. The summed E-state index contributed by atoms with van der Waals surface area (Å²) in [5.74, 6) is 0.150. The predicted molar refractivity (Wildman–Crippen MR) is 133 cm³/mol. The molecule has 1 heterocycles. The van der Waals surface area contributed by atoms with Crippen molar-refractivity contribution >= 4 is 45.6 Å². The second-order valence-corrected chi connectivity index (χ2v) is 8.47. The van der Waals surface area contributed by atoms with Crippen LogP contribution in [0.3, 0.4) is 0 Å². The molecular formula is C26H18Cl2N4O. The molecule has 1 aromatic heterocycles. The highest BCUT2D eigenvalue weighted by Gasteiger charge is 2.19. The smallest absolute Gasteiger partial charge is 0.295 e. The average Bonchev–Trinajstić information content (AvgIpc) is 3.27. The molecule has 4 aromatic carbocycles. The molecule has 0 radical (unpaired) electrons. The van der Waals surface area contributed by atoms with E-state index in [4.69, 9.17) is 23.2 Å². The van der Waals surface area contributed by atoms with Crippen LogP contribution in [0.1, 0.15) is 16.2 Å². The van der Waals surface area contributed by atoms with Crippen molar-refractivity contribution < 1.29 is 4.79 Å². The second-order valence-electron chi connectivity index (χ2n) is 7.63. The molecule has 0 atom stereocenters. The van der Waals surface area contributed by atoms with Crippen molar-refractivity contribution in [3.63, 3.8) is 0 Å². The Labute approximate surface area is 200 Å². The molecule has 1 amide bonds. The summed E-state index contributed by atoms with van der Waals surface area (Å²) in [4.78, 5) is 17.6. The number of halogens is 2. The SMILES string of the molecule is Cc1ccc(-n2nc(C(=O)Nc3ccc4ccccc4c3)nc2-c2ccc(Cl)cc2)cc1Cl. The third kappa shape index (κ3) is 4.33. The first-order valence-electron chi connectivity index (χ1n) is 10.3. The van der Waals surface area contributed by atoms with E-state index in [0.29, 0.717) is 27.2 Å². The minimum Gasteiger partial charge on any atom is -0.319 e. The van der Waals surface area contributed by atoms with E-state index in [1.165, 1.54) is 0 Å². The molecule has 0 spiro atoms. The summed E-state index contributed by atoms with van der Waals surface area (Å²) in [6.07, 6.45) is 0. The van der Waals surface area contributed by atoms with Gasteiger partial charge in [-0.15, -0.1) is 5.10 Å². The van der Waals surface area contributed by atoms with Crippen LogP contribution >= 0.6 is 23.2 Å². The van der Waals surface area contributed by atoms with Gasteiger partial charge in [0.25, 0.3) is 5.91 Å². The number of hydrogen-bond donors (Lipinski definition) is 1. The number of amides is 1. The molecule has 33 heavy (non-hydrogen) atoms. The molecule has 162 valence electrons. The van der Waals surface area contributed by atoms with Crippen molar-refractivity contribution in [1.29, 1.82) is 0 Å². The normalized spacial score (nSPS) is 11.0. The zero-order valence-electron chi connectivity index (χ0n) is 17.6. The first-order chi connectivity index (χ1) is 16.0. The van der Waals surface area contributed by atoms with E-state index >= 15 is 0 Å². The Kier molecular flexibility index (Phi) is 5.58. The van der Waals surface area contributed by atoms with Crippen LogP contribution in [0.25, 0.3) is 27.8 Å². The van der Waals surface area contributed by atoms with Gasteiger partial charge in [0.1, 0.15) is 0 Å². The average molecular weight is 473 g/mol. The second kappa shape index (κ2) is 8.70. The summed E-state index contributed by atoms with van der Waals surface area (Å²) in [5.41, 5.74) is 3.09. The minimum atomic E-state index is -0.405. The first-order valence-corrected chi connectivity index (χ1v) is 11.0. The van der Waals surface area contributed by atoms with Gasteiger partial charge in [0.2, 0.25) is 5.82 Å². The number of carbonyl (C=O) groups is 1. The van der Waals surface area contributed by atoms with Crippen LogP contribution in [-0.4, -0.2) is 20.7 Å². The number of fused-ring (bicyclic) bond motifs is 1. The topological polar surface area (TPSA) is 59.8 Å². The monoisotopic (exact) mass is 472 g/mol. The Morgan fingerprint density at radius 2 is 1.64 bits per heavy atom. The summed E-state index contributed by atoms with van der Waals surface area (Å²) < 4.78 is 1.61. The fourth-order valence-corrected chi connectivity index (χ4v) is 3.84. The predicted octanol–water partition coefficient (Wildman–Crippen LogP) is 6.96. The number of aryl methyl sites for hydroxylation is 1. The van der Waals surface area contributed by atoms with Crippen LogP contribution in [0, 0.1) is 6.92 Å². The molecule has 5 aromatic rings. The third-order valence-electron chi connectivity index (χ3n) is 5.32. The van der Waals surface area contributed by atoms with Crippen LogP contribution < -0.4 is 5.32 Å². The molecule has 0 aliphatic heterocycles. The highest BCUT2D eigenvalue weighted by Crippen LogP contribution is 2.26. The highest BCUT2D eigenvalue weighted by molar-refractivity contribution is 6.31. The van der Waals surface area contributed by atoms with Gasteiger partial charge >= 0.3 is 0 Å². The molecular weight excluding hydrogens is 455 g/mol. The maximum absolute atomic E-state index is 13.1. The zero-order valence-corrected chi connectivity index (χ0v) is 19.1. The van der Waals surface area contributed by atoms with E-state index in [2.05, 4.69) is 15.4 Å². The van der Waals surface area contributed by atoms with Gasteiger partial charge in [-0.2, -0.15) is 0 Å². The summed E-state index contributed by atoms with van der Waals surface area (Å²) >= 11 is 12.4. The summed E-state index contributed by atoms with van der Waals surface area (Å²) in [6.45, 7) is 1.93. The Hall–Kier alpha value is -3.67.